The average molecular weight is 398 g/mol. The lowest BCUT2D eigenvalue weighted by atomic mass is 10.1. The number of sulfonamides is 1. The Bertz CT molecular complexity index is 910. The highest BCUT2D eigenvalue weighted by molar-refractivity contribution is 7.92. The zero-order valence-electron chi connectivity index (χ0n) is 14.4. The number of aryl methyl sites for hydroxylation is 1. The Morgan fingerprint density at radius 3 is 2.81 bits per heavy atom. The number of hydrogen-bond acceptors (Lipinski definition) is 5. The fourth-order valence-corrected chi connectivity index (χ4v) is 4.75. The number of carbonyl (C=O) groups excluding carboxylic acids is 1. The third-order valence-corrected chi connectivity index (χ3v) is 6.36. The highest BCUT2D eigenvalue weighted by atomic mass is 35.5. The van der Waals surface area contributed by atoms with Crippen LogP contribution in [0.1, 0.15) is 34.7 Å². The number of hydrogen-bond donors (Lipinski definition) is 1. The molecule has 0 saturated carbocycles. The molecule has 0 radical (unpaired) electrons. The van der Waals surface area contributed by atoms with Gasteiger partial charge in [-0.1, -0.05) is 16.8 Å². The number of aromatic nitrogens is 1. The molecule has 9 heteroatoms. The minimum atomic E-state index is -3.31. The Kier molecular flexibility index (Phi) is 5.52. The second kappa shape index (κ2) is 7.67. The number of rotatable bonds is 5. The van der Waals surface area contributed by atoms with Gasteiger partial charge in [0.2, 0.25) is 10.0 Å². The number of nitrogens with zero attached hydrogens (tertiary/aromatic N) is 2. The summed E-state index contributed by atoms with van der Waals surface area (Å²) in [5.41, 5.74) is 1.56. The molecule has 3 rings (SSSR count). The van der Waals surface area contributed by atoms with Crippen molar-refractivity contribution < 1.29 is 17.7 Å². The summed E-state index contributed by atoms with van der Waals surface area (Å²) in [7, 11) is -3.31. The molecule has 1 amide bonds. The number of nitrogens with one attached hydrogen (secondary N) is 1. The lowest BCUT2D eigenvalue weighted by Gasteiger charge is -2.28. The summed E-state index contributed by atoms with van der Waals surface area (Å²) in [5.74, 6) is 0.537. The Labute approximate surface area is 157 Å². The third kappa shape index (κ3) is 4.19. The predicted octanol–water partition coefficient (Wildman–Crippen LogP) is 2.54. The van der Waals surface area contributed by atoms with Crippen LogP contribution < -0.4 is 9.62 Å². The first-order valence-corrected chi connectivity index (χ1v) is 10.4. The molecule has 140 valence electrons. The summed E-state index contributed by atoms with van der Waals surface area (Å²) < 4.78 is 30.7. The van der Waals surface area contributed by atoms with E-state index < -0.39 is 10.0 Å². The van der Waals surface area contributed by atoms with E-state index in [1.54, 1.807) is 19.1 Å². The maximum Gasteiger partial charge on any atom is 0.252 e. The molecular weight excluding hydrogens is 378 g/mol. The maximum atomic E-state index is 12.3. The minimum absolute atomic E-state index is 0.133. The topological polar surface area (TPSA) is 92.5 Å². The van der Waals surface area contributed by atoms with Crippen molar-refractivity contribution in [3.63, 3.8) is 0 Å². The Morgan fingerprint density at radius 2 is 2.15 bits per heavy atom. The van der Waals surface area contributed by atoms with Crippen molar-refractivity contribution in [2.75, 3.05) is 23.1 Å². The Morgan fingerprint density at radius 1 is 1.35 bits per heavy atom. The van der Waals surface area contributed by atoms with Crippen LogP contribution in [0.3, 0.4) is 0 Å². The summed E-state index contributed by atoms with van der Waals surface area (Å²) in [6.45, 7) is 2.63. The largest absolute Gasteiger partial charge is 0.361 e. The molecule has 1 N–H and O–H groups in total. The number of carbonyl (C=O) groups is 1. The molecule has 7 nitrogen and oxygen atoms in total. The summed E-state index contributed by atoms with van der Waals surface area (Å²) in [4.78, 5) is 12.3. The van der Waals surface area contributed by atoms with Crippen LogP contribution in [0.4, 0.5) is 5.69 Å². The zero-order valence-corrected chi connectivity index (χ0v) is 15.9. The highest BCUT2D eigenvalue weighted by Gasteiger charge is 2.26. The van der Waals surface area contributed by atoms with Gasteiger partial charge in [-0.2, -0.15) is 0 Å². The fraction of sp³-hybridized carbons (Fsp3) is 0.412. The van der Waals surface area contributed by atoms with Crippen molar-refractivity contribution in [1.82, 2.24) is 10.5 Å². The molecule has 1 fully saturated rings. The lowest BCUT2D eigenvalue weighted by Crippen LogP contribution is -2.37. The SMILES string of the molecule is Cc1cc(CCNC(=O)c2ccc(N3CCCCS3(=O)=O)cc2Cl)no1. The second-order valence-electron chi connectivity index (χ2n) is 6.19. The van der Waals surface area contributed by atoms with Gasteiger partial charge in [-0.15, -0.1) is 0 Å². The lowest BCUT2D eigenvalue weighted by molar-refractivity contribution is 0.0954. The maximum absolute atomic E-state index is 12.3. The normalized spacial score (nSPS) is 16.5. The standard InChI is InChI=1S/C17H20ClN3O4S/c1-12-10-13(20-25-12)6-7-19-17(22)15-5-4-14(11-16(15)18)21-8-2-3-9-26(21,23)24/h4-5,10-11H,2-3,6-9H2,1H3,(H,19,22). The van der Waals surface area contributed by atoms with E-state index in [1.165, 1.54) is 10.4 Å². The van der Waals surface area contributed by atoms with E-state index in [0.29, 0.717) is 37.2 Å². The van der Waals surface area contributed by atoms with Crippen molar-refractivity contribution in [3.8, 4) is 0 Å². The van der Waals surface area contributed by atoms with E-state index in [9.17, 15) is 13.2 Å². The van der Waals surface area contributed by atoms with Crippen LogP contribution >= 0.6 is 11.6 Å². The van der Waals surface area contributed by atoms with E-state index in [0.717, 1.165) is 17.9 Å². The minimum Gasteiger partial charge on any atom is -0.361 e. The van der Waals surface area contributed by atoms with Crippen LogP contribution in [0, 0.1) is 6.92 Å². The molecule has 1 aliphatic rings. The highest BCUT2D eigenvalue weighted by Crippen LogP contribution is 2.28. The van der Waals surface area contributed by atoms with Crippen LogP contribution in [0.15, 0.2) is 28.8 Å². The molecule has 0 unspecified atom stereocenters. The van der Waals surface area contributed by atoms with Crippen LogP contribution in [0.5, 0.6) is 0 Å². The van der Waals surface area contributed by atoms with Gasteiger partial charge in [0, 0.05) is 25.6 Å². The number of anilines is 1. The quantitative estimate of drug-likeness (QED) is 0.836. The van der Waals surface area contributed by atoms with Gasteiger partial charge in [-0.25, -0.2) is 8.42 Å². The van der Waals surface area contributed by atoms with Gasteiger partial charge in [-0.3, -0.25) is 9.10 Å². The van der Waals surface area contributed by atoms with Crippen LogP contribution in [-0.4, -0.2) is 38.3 Å². The van der Waals surface area contributed by atoms with Gasteiger partial charge in [-0.05, 0) is 38.0 Å². The van der Waals surface area contributed by atoms with Crippen molar-refractivity contribution in [2.45, 2.75) is 26.2 Å². The number of benzene rings is 1. The van der Waals surface area contributed by atoms with Crippen molar-refractivity contribution in [3.05, 3.63) is 46.3 Å². The molecule has 0 bridgehead atoms. The average Bonchev–Trinajstić information content (AvgIpc) is 2.99. The van der Waals surface area contributed by atoms with E-state index in [1.807, 2.05) is 6.07 Å². The van der Waals surface area contributed by atoms with Gasteiger partial charge in [0.15, 0.2) is 0 Å². The number of halogens is 1. The van der Waals surface area contributed by atoms with Crippen LogP contribution in [0.2, 0.25) is 5.02 Å². The number of amides is 1. The van der Waals surface area contributed by atoms with Crippen molar-refractivity contribution in [1.29, 1.82) is 0 Å². The first-order valence-electron chi connectivity index (χ1n) is 8.37. The Hall–Kier alpha value is -2.06. The molecule has 26 heavy (non-hydrogen) atoms. The van der Waals surface area contributed by atoms with Gasteiger partial charge in [0.1, 0.15) is 5.76 Å². The van der Waals surface area contributed by atoms with E-state index in [-0.39, 0.29) is 16.7 Å². The van der Waals surface area contributed by atoms with E-state index in [4.69, 9.17) is 16.1 Å². The molecule has 1 aromatic heterocycles. The first-order chi connectivity index (χ1) is 12.4. The molecule has 0 atom stereocenters. The van der Waals surface area contributed by atoms with Gasteiger partial charge in [0.05, 0.1) is 27.7 Å². The molecular formula is C17H20ClN3O4S. The second-order valence-corrected chi connectivity index (χ2v) is 8.61. The predicted molar refractivity (Wildman–Crippen MR) is 99.1 cm³/mol. The summed E-state index contributed by atoms with van der Waals surface area (Å²) in [6, 6.07) is 6.51. The van der Waals surface area contributed by atoms with Crippen LogP contribution in [-0.2, 0) is 16.4 Å². The molecule has 0 spiro atoms. The third-order valence-electron chi connectivity index (χ3n) is 4.18. The van der Waals surface area contributed by atoms with Crippen LogP contribution in [0.25, 0.3) is 0 Å². The van der Waals surface area contributed by atoms with Gasteiger partial charge < -0.3 is 9.84 Å². The summed E-state index contributed by atoms with van der Waals surface area (Å²) >= 11 is 6.23. The Balaban J connectivity index is 1.66. The monoisotopic (exact) mass is 397 g/mol. The molecule has 1 aromatic carbocycles. The molecule has 1 aliphatic heterocycles. The molecule has 0 aliphatic carbocycles. The van der Waals surface area contributed by atoms with Gasteiger partial charge >= 0.3 is 0 Å². The fourth-order valence-electron chi connectivity index (χ4n) is 2.86. The summed E-state index contributed by atoms with van der Waals surface area (Å²) in [5, 5.41) is 6.86. The van der Waals surface area contributed by atoms with Crippen molar-refractivity contribution >= 4 is 33.2 Å². The first kappa shape index (κ1) is 18.7. The van der Waals surface area contributed by atoms with E-state index >= 15 is 0 Å². The van der Waals surface area contributed by atoms with E-state index in [2.05, 4.69) is 10.5 Å². The van der Waals surface area contributed by atoms with Gasteiger partial charge in [0.25, 0.3) is 5.91 Å². The molecule has 2 heterocycles. The molecule has 2 aromatic rings. The smallest absolute Gasteiger partial charge is 0.252 e. The van der Waals surface area contributed by atoms with Crippen molar-refractivity contribution in [2.24, 2.45) is 0 Å². The summed E-state index contributed by atoms with van der Waals surface area (Å²) in [6.07, 6.45) is 2.02. The zero-order chi connectivity index (χ0) is 18.7. The molecule has 1 saturated heterocycles.